The van der Waals surface area contributed by atoms with Crippen molar-refractivity contribution in [3.63, 3.8) is 0 Å². The molecule has 0 amide bonds. The Kier molecular flexibility index (Phi) is 5.89. The van der Waals surface area contributed by atoms with Gasteiger partial charge in [-0.25, -0.2) is 9.97 Å². The second-order valence-electron chi connectivity index (χ2n) is 13.0. The minimum atomic E-state index is 0.639. The summed E-state index contributed by atoms with van der Waals surface area (Å²) in [4.78, 5) is 10.5. The van der Waals surface area contributed by atoms with Gasteiger partial charge in [0, 0.05) is 55.2 Å². The van der Waals surface area contributed by atoms with E-state index in [9.17, 15) is 0 Å². The van der Waals surface area contributed by atoms with Crippen LogP contribution in [-0.4, -0.2) is 19.1 Å². The minimum Gasteiger partial charge on any atom is -0.456 e. The zero-order valence-corrected chi connectivity index (χ0v) is 27.4. The summed E-state index contributed by atoms with van der Waals surface area (Å²) in [5.41, 5.74) is 11.0. The number of furan rings is 1. The van der Waals surface area contributed by atoms with E-state index in [1.54, 1.807) is 0 Å². The largest absolute Gasteiger partial charge is 0.456 e. The Morgan fingerprint density at radius 3 is 1.59 bits per heavy atom. The highest BCUT2D eigenvalue weighted by molar-refractivity contribution is 6.11. The van der Waals surface area contributed by atoms with Crippen molar-refractivity contribution in [3.05, 3.63) is 170 Å². The highest BCUT2D eigenvalue weighted by Crippen LogP contribution is 2.38. The van der Waals surface area contributed by atoms with Gasteiger partial charge in [-0.1, -0.05) is 115 Å². The molecule has 0 spiro atoms. The Labute approximate surface area is 292 Å². The summed E-state index contributed by atoms with van der Waals surface area (Å²) in [6.07, 6.45) is 0. The van der Waals surface area contributed by atoms with Gasteiger partial charge < -0.3 is 8.98 Å². The predicted molar refractivity (Wildman–Crippen MR) is 209 cm³/mol. The number of benzene rings is 7. The first-order valence-electron chi connectivity index (χ1n) is 17.2. The summed E-state index contributed by atoms with van der Waals surface area (Å²) in [5, 5.41) is 6.97. The van der Waals surface area contributed by atoms with Gasteiger partial charge in [0.15, 0.2) is 0 Å². The van der Waals surface area contributed by atoms with Crippen LogP contribution >= 0.6 is 0 Å². The highest BCUT2D eigenvalue weighted by atomic mass is 16.3. The lowest BCUT2D eigenvalue weighted by molar-refractivity contribution is 0.668. The van der Waals surface area contributed by atoms with Crippen LogP contribution in [0.1, 0.15) is 0 Å². The topological polar surface area (TPSA) is 48.8 Å². The predicted octanol–water partition coefficient (Wildman–Crippen LogP) is 11.9. The molecule has 0 saturated carbocycles. The Morgan fingerprint density at radius 2 is 0.882 bits per heavy atom. The summed E-state index contributed by atoms with van der Waals surface area (Å²) >= 11 is 0. The van der Waals surface area contributed by atoms with Gasteiger partial charge in [-0.3, -0.25) is 4.57 Å². The summed E-state index contributed by atoms with van der Waals surface area (Å²) in [5.74, 6) is 0.639. The van der Waals surface area contributed by atoms with Crippen molar-refractivity contribution < 1.29 is 4.42 Å². The maximum Gasteiger partial charge on any atom is 0.235 e. The smallest absolute Gasteiger partial charge is 0.235 e. The number of aromatic nitrogens is 4. The van der Waals surface area contributed by atoms with E-state index < -0.39 is 0 Å². The fraction of sp³-hybridized carbons (Fsp3) is 0. The number of nitrogens with zero attached hydrogens (tertiary/aromatic N) is 4. The van der Waals surface area contributed by atoms with Crippen molar-refractivity contribution in [1.29, 1.82) is 0 Å². The van der Waals surface area contributed by atoms with Crippen LogP contribution in [-0.2, 0) is 0 Å². The van der Waals surface area contributed by atoms with E-state index in [-0.39, 0.29) is 0 Å². The quantitative estimate of drug-likeness (QED) is 0.190. The van der Waals surface area contributed by atoms with Gasteiger partial charge >= 0.3 is 0 Å². The molecule has 0 aliphatic rings. The highest BCUT2D eigenvalue weighted by Gasteiger charge is 2.19. The van der Waals surface area contributed by atoms with Crippen LogP contribution in [0.15, 0.2) is 174 Å². The molecular weight excluding hydrogens is 625 g/mol. The second kappa shape index (κ2) is 10.8. The van der Waals surface area contributed by atoms with Gasteiger partial charge in [0.25, 0.3) is 0 Å². The van der Waals surface area contributed by atoms with Crippen molar-refractivity contribution in [2.75, 3.05) is 0 Å². The monoisotopic (exact) mass is 652 g/mol. The first-order chi connectivity index (χ1) is 25.3. The number of rotatable bonds is 4. The molecular formula is C46H28N4O. The van der Waals surface area contributed by atoms with E-state index in [0.29, 0.717) is 5.95 Å². The van der Waals surface area contributed by atoms with Crippen molar-refractivity contribution >= 4 is 65.6 Å². The van der Waals surface area contributed by atoms with Crippen molar-refractivity contribution in [2.45, 2.75) is 0 Å². The molecule has 4 heterocycles. The average molecular weight is 653 g/mol. The lowest BCUT2D eigenvalue weighted by atomic mass is 10.1. The fourth-order valence-corrected chi connectivity index (χ4v) is 7.84. The first kappa shape index (κ1) is 27.9. The molecule has 11 rings (SSSR count). The normalized spacial score (nSPS) is 11.9. The van der Waals surface area contributed by atoms with E-state index in [0.717, 1.165) is 72.2 Å². The number of hydrogen-bond donors (Lipinski definition) is 0. The molecule has 51 heavy (non-hydrogen) atoms. The molecule has 0 N–H and O–H groups in total. The molecule has 0 atom stereocenters. The van der Waals surface area contributed by atoms with E-state index in [4.69, 9.17) is 14.4 Å². The maximum absolute atomic E-state index is 6.34. The van der Waals surface area contributed by atoms with E-state index in [2.05, 4.69) is 161 Å². The standard InChI is InChI=1S/C46H28N4O/c1-2-12-29(13-3-1)38-28-39(48-46(47-38)50-41-19-9-5-14-32(41)33-15-6-10-20-42(33)50)30-22-24-35-34-16-4-8-18-40(34)49(43(35)26-30)31-23-25-37-36-17-7-11-21-44(36)51-45(37)27-31/h1-28H. The van der Waals surface area contributed by atoms with Crippen LogP contribution in [0.25, 0.3) is 99.7 Å². The Bertz CT molecular complexity index is 3090. The molecule has 0 unspecified atom stereocenters. The fourth-order valence-electron chi connectivity index (χ4n) is 7.84. The Morgan fingerprint density at radius 1 is 0.353 bits per heavy atom. The SMILES string of the molecule is c1ccc(-c2cc(-c3ccc4c5ccccc5n(-c5ccc6c(c5)oc5ccccc56)c4c3)nc(-n3c4ccccc4c4ccccc43)n2)cc1. The van der Waals surface area contributed by atoms with Crippen LogP contribution in [0.2, 0.25) is 0 Å². The van der Waals surface area contributed by atoms with Crippen LogP contribution < -0.4 is 0 Å². The summed E-state index contributed by atoms with van der Waals surface area (Å²) < 4.78 is 10.9. The first-order valence-corrected chi connectivity index (χ1v) is 17.2. The maximum atomic E-state index is 6.34. The number of para-hydroxylation sites is 4. The third-order valence-electron chi connectivity index (χ3n) is 10.2. The van der Waals surface area contributed by atoms with Gasteiger partial charge in [-0.05, 0) is 48.5 Å². The molecule has 7 aromatic carbocycles. The van der Waals surface area contributed by atoms with Crippen molar-refractivity contribution in [3.8, 4) is 34.2 Å². The average Bonchev–Trinajstić information content (AvgIpc) is 3.85. The van der Waals surface area contributed by atoms with Crippen molar-refractivity contribution in [1.82, 2.24) is 19.1 Å². The lowest BCUT2D eigenvalue weighted by Gasteiger charge is -2.12. The van der Waals surface area contributed by atoms with Gasteiger partial charge in [0.05, 0.1) is 33.5 Å². The molecule has 5 heteroatoms. The summed E-state index contributed by atoms with van der Waals surface area (Å²) in [7, 11) is 0. The van der Waals surface area contributed by atoms with Crippen LogP contribution in [0.5, 0.6) is 0 Å². The molecule has 0 aliphatic carbocycles. The van der Waals surface area contributed by atoms with Crippen LogP contribution in [0.3, 0.4) is 0 Å². The van der Waals surface area contributed by atoms with E-state index >= 15 is 0 Å². The zero-order chi connectivity index (χ0) is 33.5. The molecule has 11 aromatic rings. The molecule has 0 radical (unpaired) electrons. The number of hydrogen-bond acceptors (Lipinski definition) is 3. The van der Waals surface area contributed by atoms with Crippen LogP contribution in [0, 0.1) is 0 Å². The molecule has 5 nitrogen and oxygen atoms in total. The molecule has 0 aliphatic heterocycles. The minimum absolute atomic E-state index is 0.639. The summed E-state index contributed by atoms with van der Waals surface area (Å²) in [6.45, 7) is 0. The third kappa shape index (κ3) is 4.22. The van der Waals surface area contributed by atoms with E-state index in [1.807, 2.05) is 18.2 Å². The molecule has 0 fully saturated rings. The lowest BCUT2D eigenvalue weighted by Crippen LogP contribution is -2.04. The van der Waals surface area contributed by atoms with E-state index in [1.165, 1.54) is 21.5 Å². The molecule has 238 valence electrons. The van der Waals surface area contributed by atoms with Gasteiger partial charge in [0.2, 0.25) is 5.95 Å². The zero-order valence-electron chi connectivity index (χ0n) is 27.4. The second-order valence-corrected chi connectivity index (χ2v) is 13.0. The van der Waals surface area contributed by atoms with Gasteiger partial charge in [-0.2, -0.15) is 0 Å². The third-order valence-corrected chi connectivity index (χ3v) is 10.2. The summed E-state index contributed by atoms with van der Waals surface area (Å²) in [6, 6.07) is 59.5. The molecule has 0 saturated heterocycles. The van der Waals surface area contributed by atoms with Crippen LogP contribution in [0.4, 0.5) is 0 Å². The molecule has 0 bridgehead atoms. The van der Waals surface area contributed by atoms with Gasteiger partial charge in [0.1, 0.15) is 11.2 Å². The Balaban J connectivity index is 1.17. The number of fused-ring (bicyclic) bond motifs is 9. The van der Waals surface area contributed by atoms with Gasteiger partial charge in [-0.15, -0.1) is 0 Å². The Hall–Kier alpha value is -6.98. The van der Waals surface area contributed by atoms with Crippen molar-refractivity contribution in [2.24, 2.45) is 0 Å². The molecule has 4 aromatic heterocycles.